The minimum Gasteiger partial charge on any atom is -0.476 e. The highest BCUT2D eigenvalue weighted by Crippen LogP contribution is 2.26. The van der Waals surface area contributed by atoms with Crippen molar-refractivity contribution in [1.29, 1.82) is 0 Å². The maximum Gasteiger partial charge on any atom is 0.358 e. The SMILES string of the molecule is CCc1ccc(Oc2nc3ccccn3c2C(=O)O)cc1. The van der Waals surface area contributed by atoms with Gasteiger partial charge in [-0.15, -0.1) is 0 Å². The van der Waals surface area contributed by atoms with Crippen LogP contribution >= 0.6 is 0 Å². The van der Waals surface area contributed by atoms with Crippen molar-refractivity contribution in [1.82, 2.24) is 9.38 Å². The van der Waals surface area contributed by atoms with E-state index >= 15 is 0 Å². The number of ether oxygens (including phenoxy) is 1. The number of aromatic carboxylic acids is 1. The van der Waals surface area contributed by atoms with E-state index in [9.17, 15) is 9.90 Å². The molecule has 5 heteroatoms. The standard InChI is InChI=1S/C16H14N2O3/c1-2-11-6-8-12(9-7-11)21-15-14(16(19)20)18-10-4-3-5-13(18)17-15/h3-10H,2H2,1H3,(H,19,20). The first kappa shape index (κ1) is 13.2. The molecular weight excluding hydrogens is 268 g/mol. The minimum absolute atomic E-state index is 0.0187. The number of benzene rings is 1. The largest absolute Gasteiger partial charge is 0.476 e. The highest BCUT2D eigenvalue weighted by molar-refractivity contribution is 5.89. The lowest BCUT2D eigenvalue weighted by atomic mass is 10.2. The van der Waals surface area contributed by atoms with E-state index in [1.807, 2.05) is 24.3 Å². The van der Waals surface area contributed by atoms with Gasteiger partial charge in [0, 0.05) is 6.20 Å². The van der Waals surface area contributed by atoms with E-state index in [1.54, 1.807) is 24.4 Å². The third kappa shape index (κ3) is 2.45. The Morgan fingerprint density at radius 3 is 2.67 bits per heavy atom. The second-order valence-corrected chi connectivity index (χ2v) is 4.60. The molecule has 5 nitrogen and oxygen atoms in total. The lowest BCUT2D eigenvalue weighted by Crippen LogP contribution is -2.03. The Morgan fingerprint density at radius 2 is 2.00 bits per heavy atom. The molecular formula is C16H14N2O3. The van der Waals surface area contributed by atoms with Crippen molar-refractivity contribution in [3.05, 3.63) is 59.9 Å². The Bertz CT molecular complexity index is 791. The molecule has 0 atom stereocenters. The van der Waals surface area contributed by atoms with Crippen molar-refractivity contribution in [2.45, 2.75) is 13.3 Å². The molecule has 0 amide bonds. The number of aryl methyl sites for hydroxylation is 1. The first-order valence-electron chi connectivity index (χ1n) is 6.66. The quantitative estimate of drug-likeness (QED) is 0.796. The fourth-order valence-corrected chi connectivity index (χ4v) is 2.14. The molecule has 21 heavy (non-hydrogen) atoms. The number of hydrogen-bond donors (Lipinski definition) is 1. The van der Waals surface area contributed by atoms with Crippen LogP contribution in [0.4, 0.5) is 0 Å². The lowest BCUT2D eigenvalue weighted by Gasteiger charge is -2.04. The predicted molar refractivity (Wildman–Crippen MR) is 78.0 cm³/mol. The minimum atomic E-state index is -1.08. The van der Waals surface area contributed by atoms with Gasteiger partial charge in [0.2, 0.25) is 0 Å². The van der Waals surface area contributed by atoms with Crippen LogP contribution < -0.4 is 4.74 Å². The van der Waals surface area contributed by atoms with Gasteiger partial charge in [0.15, 0.2) is 5.69 Å². The van der Waals surface area contributed by atoms with Crippen molar-refractivity contribution in [3.8, 4) is 11.6 Å². The van der Waals surface area contributed by atoms with E-state index < -0.39 is 5.97 Å². The summed E-state index contributed by atoms with van der Waals surface area (Å²) in [6.45, 7) is 2.07. The predicted octanol–water partition coefficient (Wildman–Crippen LogP) is 3.39. The molecule has 0 aliphatic heterocycles. The van der Waals surface area contributed by atoms with E-state index in [2.05, 4.69) is 11.9 Å². The molecule has 1 aromatic carbocycles. The summed E-state index contributed by atoms with van der Waals surface area (Å²) >= 11 is 0. The third-order valence-corrected chi connectivity index (χ3v) is 3.25. The molecule has 0 radical (unpaired) electrons. The maximum absolute atomic E-state index is 11.4. The van der Waals surface area contributed by atoms with E-state index in [0.29, 0.717) is 11.4 Å². The van der Waals surface area contributed by atoms with Crippen LogP contribution in [-0.4, -0.2) is 20.5 Å². The van der Waals surface area contributed by atoms with Crippen LogP contribution in [-0.2, 0) is 6.42 Å². The zero-order valence-corrected chi connectivity index (χ0v) is 11.5. The number of nitrogens with zero attached hydrogens (tertiary/aromatic N) is 2. The van der Waals surface area contributed by atoms with Gasteiger partial charge in [-0.3, -0.25) is 4.40 Å². The van der Waals surface area contributed by atoms with E-state index in [1.165, 1.54) is 9.96 Å². The number of carbonyl (C=O) groups is 1. The van der Waals surface area contributed by atoms with E-state index in [-0.39, 0.29) is 11.6 Å². The summed E-state index contributed by atoms with van der Waals surface area (Å²) in [4.78, 5) is 15.7. The van der Waals surface area contributed by atoms with Crippen LogP contribution in [0.25, 0.3) is 5.65 Å². The van der Waals surface area contributed by atoms with Crippen molar-refractivity contribution in [2.24, 2.45) is 0 Å². The molecule has 0 aliphatic carbocycles. The van der Waals surface area contributed by atoms with Gasteiger partial charge in [-0.2, -0.15) is 4.98 Å². The molecule has 0 aliphatic rings. The highest BCUT2D eigenvalue weighted by atomic mass is 16.5. The normalized spacial score (nSPS) is 10.7. The van der Waals surface area contributed by atoms with E-state index in [4.69, 9.17) is 4.74 Å². The summed E-state index contributed by atoms with van der Waals surface area (Å²) in [6.07, 6.45) is 2.59. The topological polar surface area (TPSA) is 63.8 Å². The summed E-state index contributed by atoms with van der Waals surface area (Å²) in [7, 11) is 0. The van der Waals surface area contributed by atoms with Crippen molar-refractivity contribution in [3.63, 3.8) is 0 Å². The Labute approximate surface area is 121 Å². The number of aromatic nitrogens is 2. The van der Waals surface area contributed by atoms with E-state index in [0.717, 1.165) is 6.42 Å². The second kappa shape index (κ2) is 5.28. The third-order valence-electron chi connectivity index (χ3n) is 3.25. The Hall–Kier alpha value is -2.82. The number of fused-ring (bicyclic) bond motifs is 1. The van der Waals surface area contributed by atoms with Gasteiger partial charge in [0.1, 0.15) is 11.4 Å². The van der Waals surface area contributed by atoms with Gasteiger partial charge < -0.3 is 9.84 Å². The fourth-order valence-electron chi connectivity index (χ4n) is 2.14. The first-order chi connectivity index (χ1) is 10.2. The van der Waals surface area contributed by atoms with Crippen molar-refractivity contribution in [2.75, 3.05) is 0 Å². The zero-order chi connectivity index (χ0) is 14.8. The van der Waals surface area contributed by atoms with Gasteiger partial charge in [0.25, 0.3) is 5.88 Å². The van der Waals surface area contributed by atoms with Crippen molar-refractivity contribution < 1.29 is 14.6 Å². The second-order valence-electron chi connectivity index (χ2n) is 4.60. The summed E-state index contributed by atoms with van der Waals surface area (Å²) in [6, 6.07) is 12.8. The lowest BCUT2D eigenvalue weighted by molar-refractivity contribution is 0.0686. The van der Waals surface area contributed by atoms with Crippen LogP contribution in [0.15, 0.2) is 48.7 Å². The van der Waals surface area contributed by atoms with Crippen LogP contribution in [0.3, 0.4) is 0 Å². The van der Waals surface area contributed by atoms with Crippen LogP contribution in [0.1, 0.15) is 23.0 Å². The van der Waals surface area contributed by atoms with Crippen LogP contribution in [0.2, 0.25) is 0 Å². The monoisotopic (exact) mass is 282 g/mol. The number of hydrogen-bond acceptors (Lipinski definition) is 3. The molecule has 2 heterocycles. The summed E-state index contributed by atoms with van der Waals surface area (Å²) in [5.74, 6) is -0.412. The molecule has 1 N–H and O–H groups in total. The average Bonchev–Trinajstić information content (AvgIpc) is 2.86. The van der Waals surface area contributed by atoms with Crippen LogP contribution in [0.5, 0.6) is 11.6 Å². The zero-order valence-electron chi connectivity index (χ0n) is 11.5. The fraction of sp³-hybridized carbons (Fsp3) is 0.125. The number of rotatable bonds is 4. The molecule has 0 saturated carbocycles. The molecule has 2 aromatic heterocycles. The molecule has 0 unspecified atom stereocenters. The Balaban J connectivity index is 2.02. The number of carboxylic acids is 1. The number of pyridine rings is 1. The molecule has 0 bridgehead atoms. The molecule has 0 saturated heterocycles. The molecule has 0 spiro atoms. The Morgan fingerprint density at radius 1 is 1.24 bits per heavy atom. The molecule has 106 valence electrons. The number of carboxylic acid groups (broad SMARTS) is 1. The van der Waals surface area contributed by atoms with Gasteiger partial charge in [-0.1, -0.05) is 25.1 Å². The highest BCUT2D eigenvalue weighted by Gasteiger charge is 2.20. The average molecular weight is 282 g/mol. The van der Waals surface area contributed by atoms with Gasteiger partial charge in [0.05, 0.1) is 0 Å². The summed E-state index contributed by atoms with van der Waals surface area (Å²) in [5.41, 5.74) is 1.75. The van der Waals surface area contributed by atoms with Gasteiger partial charge in [-0.05, 0) is 36.2 Å². The maximum atomic E-state index is 11.4. The summed E-state index contributed by atoms with van der Waals surface area (Å²) in [5, 5.41) is 9.37. The number of imidazole rings is 1. The smallest absolute Gasteiger partial charge is 0.358 e. The first-order valence-corrected chi connectivity index (χ1v) is 6.66. The molecule has 0 fully saturated rings. The van der Waals surface area contributed by atoms with Gasteiger partial charge in [-0.25, -0.2) is 4.79 Å². The summed E-state index contributed by atoms with van der Waals surface area (Å²) < 4.78 is 7.14. The Kier molecular flexibility index (Phi) is 3.31. The van der Waals surface area contributed by atoms with Crippen molar-refractivity contribution >= 4 is 11.6 Å². The van der Waals surface area contributed by atoms with Crippen LogP contribution in [0, 0.1) is 0 Å². The molecule has 3 rings (SSSR count). The molecule has 3 aromatic rings. The van der Waals surface area contributed by atoms with Gasteiger partial charge >= 0.3 is 5.97 Å².